The lowest BCUT2D eigenvalue weighted by Crippen LogP contribution is -2.40. The molecule has 1 amide bonds. The summed E-state index contributed by atoms with van der Waals surface area (Å²) in [6, 6.07) is 14.6. The molecule has 0 saturated heterocycles. The van der Waals surface area contributed by atoms with Gasteiger partial charge in [-0.3, -0.25) is 4.79 Å². The smallest absolute Gasteiger partial charge is 0.226 e. The van der Waals surface area contributed by atoms with Gasteiger partial charge in [0, 0.05) is 18.9 Å². The first-order valence-electron chi connectivity index (χ1n) is 10.4. The molecule has 1 heterocycles. The van der Waals surface area contributed by atoms with E-state index < -0.39 is 0 Å². The highest BCUT2D eigenvalue weighted by Gasteiger charge is 2.31. The van der Waals surface area contributed by atoms with Crippen LogP contribution in [-0.2, 0) is 16.2 Å². The topological polar surface area (TPSA) is 41.9 Å². The molecule has 1 atom stereocenters. The van der Waals surface area contributed by atoms with Gasteiger partial charge in [0.1, 0.15) is 5.82 Å². The van der Waals surface area contributed by atoms with Crippen LogP contribution < -0.4 is 0 Å². The third kappa shape index (κ3) is 4.84. The van der Waals surface area contributed by atoms with E-state index in [4.69, 9.17) is 4.84 Å². The molecule has 4 rings (SSSR count). The van der Waals surface area contributed by atoms with Gasteiger partial charge in [0.25, 0.3) is 0 Å². The van der Waals surface area contributed by atoms with Gasteiger partial charge in [-0.1, -0.05) is 60.0 Å². The molecule has 2 aliphatic rings. The van der Waals surface area contributed by atoms with Crippen molar-refractivity contribution in [1.82, 2.24) is 4.90 Å². The van der Waals surface area contributed by atoms with Gasteiger partial charge in [-0.15, -0.1) is 0 Å². The van der Waals surface area contributed by atoms with Crippen LogP contribution in [0.1, 0.15) is 48.8 Å². The number of aryl methyl sites for hydroxylation is 1. The fourth-order valence-corrected chi connectivity index (χ4v) is 4.16. The maximum Gasteiger partial charge on any atom is 0.226 e. The molecule has 0 unspecified atom stereocenters. The van der Waals surface area contributed by atoms with Crippen LogP contribution in [0, 0.1) is 18.7 Å². The van der Waals surface area contributed by atoms with Crippen LogP contribution >= 0.6 is 0 Å². The van der Waals surface area contributed by atoms with E-state index in [1.54, 1.807) is 12.1 Å². The first-order valence-corrected chi connectivity index (χ1v) is 10.4. The lowest BCUT2D eigenvalue weighted by molar-refractivity contribution is -0.137. The summed E-state index contributed by atoms with van der Waals surface area (Å²) in [5, 5.41) is 4.27. The van der Waals surface area contributed by atoms with E-state index in [0.29, 0.717) is 19.5 Å². The summed E-state index contributed by atoms with van der Waals surface area (Å²) in [6.45, 7) is 3.02. The van der Waals surface area contributed by atoms with Crippen molar-refractivity contribution in [3.8, 4) is 0 Å². The van der Waals surface area contributed by atoms with Gasteiger partial charge in [0.2, 0.25) is 5.91 Å². The number of oxime groups is 1. The summed E-state index contributed by atoms with van der Waals surface area (Å²) in [6.07, 6.45) is 4.66. The second-order valence-electron chi connectivity index (χ2n) is 8.16. The highest BCUT2D eigenvalue weighted by Crippen LogP contribution is 2.28. The quantitative estimate of drug-likeness (QED) is 0.703. The third-order valence-corrected chi connectivity index (χ3v) is 5.84. The van der Waals surface area contributed by atoms with Crippen molar-refractivity contribution >= 4 is 11.6 Å². The van der Waals surface area contributed by atoms with E-state index in [1.165, 1.54) is 17.7 Å². The Bertz CT molecular complexity index is 871. The van der Waals surface area contributed by atoms with E-state index >= 15 is 0 Å². The molecular formula is C24H27FN2O2. The lowest BCUT2D eigenvalue weighted by atomic mass is 10.0. The Morgan fingerprint density at radius 3 is 2.48 bits per heavy atom. The first kappa shape index (κ1) is 19.6. The summed E-state index contributed by atoms with van der Waals surface area (Å²) in [5.74, 6) is 0.00577. The summed E-state index contributed by atoms with van der Waals surface area (Å²) in [4.78, 5) is 20.7. The number of nitrogens with zero attached hydrogens (tertiary/aromatic N) is 2. The molecule has 0 aromatic heterocycles. The number of hydrogen-bond donors (Lipinski definition) is 0. The maximum atomic E-state index is 13.3. The van der Waals surface area contributed by atoms with Crippen molar-refractivity contribution in [2.45, 2.75) is 51.7 Å². The van der Waals surface area contributed by atoms with Crippen molar-refractivity contribution in [3.63, 3.8) is 0 Å². The largest absolute Gasteiger partial charge is 0.390 e. The van der Waals surface area contributed by atoms with Crippen LogP contribution in [0.25, 0.3) is 0 Å². The Hall–Kier alpha value is -2.69. The predicted molar refractivity (Wildman–Crippen MR) is 111 cm³/mol. The zero-order valence-electron chi connectivity index (χ0n) is 16.8. The summed E-state index contributed by atoms with van der Waals surface area (Å²) < 4.78 is 13.3. The zero-order valence-corrected chi connectivity index (χ0v) is 16.8. The van der Waals surface area contributed by atoms with E-state index in [-0.39, 0.29) is 23.7 Å². The van der Waals surface area contributed by atoms with E-state index in [9.17, 15) is 9.18 Å². The molecule has 0 spiro atoms. The van der Waals surface area contributed by atoms with Crippen LogP contribution in [0.5, 0.6) is 0 Å². The van der Waals surface area contributed by atoms with Crippen molar-refractivity contribution in [2.75, 3.05) is 6.54 Å². The molecule has 4 nitrogen and oxygen atoms in total. The SMILES string of the molecule is Cc1ccc(C2=NO[C@H](CN(Cc3ccc(F)cc3)C(=O)C3CCCC3)C2)cc1. The molecule has 0 radical (unpaired) electrons. The standard InChI is InChI=1S/C24H27FN2O2/c1-17-6-10-19(11-7-17)23-14-22(29-26-23)16-27(24(28)20-4-2-3-5-20)15-18-8-12-21(25)13-9-18/h6-13,20,22H,2-5,14-16H2,1H3/t22-/m0/s1. The monoisotopic (exact) mass is 394 g/mol. The summed E-state index contributed by atoms with van der Waals surface area (Å²) in [7, 11) is 0. The van der Waals surface area contributed by atoms with Gasteiger partial charge in [-0.05, 0) is 43.0 Å². The molecule has 29 heavy (non-hydrogen) atoms. The van der Waals surface area contributed by atoms with Gasteiger partial charge in [0.15, 0.2) is 6.10 Å². The number of halogens is 1. The van der Waals surface area contributed by atoms with Crippen molar-refractivity contribution in [2.24, 2.45) is 11.1 Å². The predicted octanol–water partition coefficient (Wildman–Crippen LogP) is 4.85. The highest BCUT2D eigenvalue weighted by molar-refractivity contribution is 6.01. The normalized spacial score (nSPS) is 19.1. The van der Waals surface area contributed by atoms with Crippen LogP contribution in [0.3, 0.4) is 0 Å². The van der Waals surface area contributed by atoms with Crippen molar-refractivity contribution < 1.29 is 14.0 Å². The summed E-state index contributed by atoms with van der Waals surface area (Å²) >= 11 is 0. The Morgan fingerprint density at radius 1 is 1.10 bits per heavy atom. The van der Waals surface area contributed by atoms with Gasteiger partial charge < -0.3 is 9.74 Å². The van der Waals surface area contributed by atoms with Gasteiger partial charge in [-0.2, -0.15) is 0 Å². The Morgan fingerprint density at radius 2 is 1.79 bits per heavy atom. The minimum absolute atomic E-state index is 0.0920. The number of amides is 1. The molecule has 0 bridgehead atoms. The average molecular weight is 394 g/mol. The molecule has 2 aromatic carbocycles. The van der Waals surface area contributed by atoms with E-state index in [0.717, 1.165) is 42.5 Å². The maximum absolute atomic E-state index is 13.3. The van der Waals surface area contributed by atoms with Crippen molar-refractivity contribution in [1.29, 1.82) is 0 Å². The second kappa shape index (κ2) is 8.76. The Labute approximate surface area is 171 Å². The number of hydrogen-bond acceptors (Lipinski definition) is 3. The van der Waals surface area contributed by atoms with Gasteiger partial charge in [0.05, 0.1) is 12.3 Å². The molecule has 5 heteroatoms. The average Bonchev–Trinajstić information content (AvgIpc) is 3.41. The van der Waals surface area contributed by atoms with Crippen LogP contribution in [-0.4, -0.2) is 29.2 Å². The molecular weight excluding hydrogens is 367 g/mol. The van der Waals surface area contributed by atoms with E-state index in [1.807, 2.05) is 4.90 Å². The highest BCUT2D eigenvalue weighted by atomic mass is 19.1. The molecule has 1 aliphatic carbocycles. The third-order valence-electron chi connectivity index (χ3n) is 5.84. The summed E-state index contributed by atoms with van der Waals surface area (Å²) in [5.41, 5.74) is 4.11. The fraction of sp³-hybridized carbons (Fsp3) is 0.417. The number of rotatable bonds is 6. The van der Waals surface area contributed by atoms with Crippen LogP contribution in [0.4, 0.5) is 4.39 Å². The Kier molecular flexibility index (Phi) is 5.93. The molecule has 0 N–H and O–H groups in total. The van der Waals surface area contributed by atoms with Gasteiger partial charge in [-0.25, -0.2) is 4.39 Å². The van der Waals surface area contributed by atoms with Crippen LogP contribution in [0.15, 0.2) is 53.7 Å². The molecule has 1 aliphatic heterocycles. The van der Waals surface area contributed by atoms with E-state index in [2.05, 4.69) is 36.3 Å². The fourth-order valence-electron chi connectivity index (χ4n) is 4.16. The molecule has 152 valence electrons. The van der Waals surface area contributed by atoms with Crippen LogP contribution in [0.2, 0.25) is 0 Å². The Balaban J connectivity index is 1.44. The van der Waals surface area contributed by atoms with Crippen molar-refractivity contribution in [3.05, 3.63) is 71.0 Å². The minimum atomic E-state index is -0.266. The number of carbonyl (C=O) groups is 1. The molecule has 1 fully saturated rings. The number of carbonyl (C=O) groups excluding carboxylic acids is 1. The minimum Gasteiger partial charge on any atom is -0.390 e. The molecule has 1 saturated carbocycles. The molecule has 2 aromatic rings. The lowest BCUT2D eigenvalue weighted by Gasteiger charge is -2.27. The number of benzene rings is 2. The zero-order chi connectivity index (χ0) is 20.2. The second-order valence-corrected chi connectivity index (χ2v) is 8.16. The van der Waals surface area contributed by atoms with Gasteiger partial charge >= 0.3 is 0 Å². The first-order chi connectivity index (χ1) is 14.1.